The third-order valence-corrected chi connectivity index (χ3v) is 8.99. The van der Waals surface area contributed by atoms with Crippen LogP contribution in [0.2, 0.25) is 0 Å². The lowest BCUT2D eigenvalue weighted by Crippen LogP contribution is -2.38. The predicted molar refractivity (Wildman–Crippen MR) is 115 cm³/mol. The van der Waals surface area contributed by atoms with Gasteiger partial charge in [0.2, 0.25) is 0 Å². The van der Waals surface area contributed by atoms with Gasteiger partial charge in [-0.1, -0.05) is 71.6 Å². The van der Waals surface area contributed by atoms with Gasteiger partial charge < -0.3 is 0 Å². The highest BCUT2D eigenvalue weighted by atomic mass is 14.5. The summed E-state index contributed by atoms with van der Waals surface area (Å²) in [5.41, 5.74) is 0.0473. The maximum atomic E-state index is 10.1. The van der Waals surface area contributed by atoms with Crippen LogP contribution in [0.4, 0.5) is 0 Å². The molecule has 0 aromatic rings. The highest BCUT2D eigenvalue weighted by molar-refractivity contribution is 5.06. The molecular formula is C26H45N. The summed E-state index contributed by atoms with van der Waals surface area (Å²) in [5, 5.41) is 10.1. The van der Waals surface area contributed by atoms with Gasteiger partial charge in [0.15, 0.2) is 0 Å². The fourth-order valence-electron chi connectivity index (χ4n) is 7.09. The van der Waals surface area contributed by atoms with E-state index in [2.05, 4.69) is 19.9 Å². The minimum absolute atomic E-state index is 0.0473. The molecule has 3 rings (SSSR count). The summed E-state index contributed by atoms with van der Waals surface area (Å²) in [5.74, 6) is 4.62. The van der Waals surface area contributed by atoms with Gasteiger partial charge in [0.1, 0.15) is 0 Å². The fourth-order valence-corrected chi connectivity index (χ4v) is 7.09. The lowest BCUT2D eigenvalue weighted by Gasteiger charge is -2.46. The summed E-state index contributed by atoms with van der Waals surface area (Å²) in [6.45, 7) is 4.65. The molecule has 3 saturated carbocycles. The zero-order valence-electron chi connectivity index (χ0n) is 18.4. The number of rotatable bonds is 7. The third-order valence-electron chi connectivity index (χ3n) is 8.99. The van der Waals surface area contributed by atoms with Gasteiger partial charge in [-0.25, -0.2) is 0 Å². The lowest BCUT2D eigenvalue weighted by molar-refractivity contribution is 0.0602. The zero-order valence-corrected chi connectivity index (χ0v) is 18.4. The van der Waals surface area contributed by atoms with Crippen LogP contribution in [0.1, 0.15) is 123 Å². The van der Waals surface area contributed by atoms with Crippen LogP contribution in [-0.2, 0) is 0 Å². The van der Waals surface area contributed by atoms with Crippen LogP contribution in [0.3, 0.4) is 0 Å². The second kappa shape index (κ2) is 10.3. The Balaban J connectivity index is 1.46. The van der Waals surface area contributed by atoms with Gasteiger partial charge in [-0.15, -0.1) is 0 Å². The van der Waals surface area contributed by atoms with E-state index in [-0.39, 0.29) is 5.41 Å². The van der Waals surface area contributed by atoms with E-state index >= 15 is 0 Å². The van der Waals surface area contributed by atoms with E-state index in [4.69, 9.17) is 0 Å². The summed E-state index contributed by atoms with van der Waals surface area (Å²) in [7, 11) is 0. The number of unbranched alkanes of at least 4 members (excludes halogenated alkanes) is 1. The molecule has 0 saturated heterocycles. The summed E-state index contributed by atoms with van der Waals surface area (Å²) in [6.07, 6.45) is 23.6. The van der Waals surface area contributed by atoms with Crippen molar-refractivity contribution in [2.45, 2.75) is 123 Å². The van der Waals surface area contributed by atoms with Crippen molar-refractivity contribution in [3.63, 3.8) is 0 Å². The van der Waals surface area contributed by atoms with Crippen LogP contribution in [0.25, 0.3) is 0 Å². The molecule has 0 bridgehead atoms. The molecule has 0 radical (unpaired) electrons. The van der Waals surface area contributed by atoms with Crippen LogP contribution in [0.15, 0.2) is 0 Å². The fraction of sp³-hybridized carbons (Fsp3) is 0.962. The van der Waals surface area contributed by atoms with Crippen molar-refractivity contribution in [3.05, 3.63) is 0 Å². The Kier molecular flexibility index (Phi) is 8.10. The first kappa shape index (κ1) is 21.2. The topological polar surface area (TPSA) is 23.8 Å². The lowest BCUT2D eigenvalue weighted by atomic mass is 9.57. The van der Waals surface area contributed by atoms with E-state index in [0.717, 1.165) is 23.7 Å². The Morgan fingerprint density at radius 3 is 1.81 bits per heavy atom. The van der Waals surface area contributed by atoms with Gasteiger partial charge in [0.25, 0.3) is 0 Å². The Morgan fingerprint density at radius 1 is 0.704 bits per heavy atom. The molecule has 0 N–H and O–H groups in total. The van der Waals surface area contributed by atoms with Crippen molar-refractivity contribution < 1.29 is 0 Å². The van der Waals surface area contributed by atoms with E-state index in [1.165, 1.54) is 109 Å². The monoisotopic (exact) mass is 371 g/mol. The maximum absolute atomic E-state index is 10.1. The molecule has 0 aromatic heterocycles. The molecule has 1 nitrogen and oxygen atoms in total. The molecule has 27 heavy (non-hydrogen) atoms. The second-order valence-electron chi connectivity index (χ2n) is 10.5. The minimum Gasteiger partial charge on any atom is -0.198 e. The van der Waals surface area contributed by atoms with Crippen molar-refractivity contribution in [2.75, 3.05) is 0 Å². The highest BCUT2D eigenvalue weighted by Crippen LogP contribution is 2.52. The van der Waals surface area contributed by atoms with Gasteiger partial charge in [-0.2, -0.15) is 5.26 Å². The maximum Gasteiger partial charge on any atom is 0.0692 e. The summed E-state index contributed by atoms with van der Waals surface area (Å²) in [4.78, 5) is 0. The Labute approximate surface area is 169 Å². The summed E-state index contributed by atoms with van der Waals surface area (Å²) in [6, 6.07) is 2.89. The zero-order chi connectivity index (χ0) is 19.1. The van der Waals surface area contributed by atoms with E-state index in [9.17, 15) is 5.26 Å². The number of nitrogens with zero attached hydrogens (tertiary/aromatic N) is 1. The molecule has 154 valence electrons. The van der Waals surface area contributed by atoms with Gasteiger partial charge >= 0.3 is 0 Å². The molecule has 0 unspecified atom stereocenters. The van der Waals surface area contributed by atoms with Crippen molar-refractivity contribution in [3.8, 4) is 6.07 Å². The molecule has 3 aliphatic carbocycles. The Bertz CT molecular complexity index is 451. The first-order valence-electron chi connectivity index (χ1n) is 12.6. The molecule has 0 aromatic carbocycles. The van der Waals surface area contributed by atoms with Crippen LogP contribution in [-0.4, -0.2) is 0 Å². The van der Waals surface area contributed by atoms with Gasteiger partial charge in [0, 0.05) is 0 Å². The Morgan fingerprint density at radius 2 is 1.26 bits per heavy atom. The first-order chi connectivity index (χ1) is 13.2. The Hall–Kier alpha value is -0.510. The van der Waals surface area contributed by atoms with Crippen molar-refractivity contribution in [1.29, 1.82) is 5.26 Å². The van der Waals surface area contributed by atoms with Crippen molar-refractivity contribution in [1.82, 2.24) is 0 Å². The molecule has 0 amide bonds. The quantitative estimate of drug-likeness (QED) is 0.441. The summed E-state index contributed by atoms with van der Waals surface area (Å²) < 4.78 is 0. The van der Waals surface area contributed by atoms with E-state index in [1.807, 2.05) is 0 Å². The molecular weight excluding hydrogens is 326 g/mol. The molecule has 0 spiro atoms. The molecule has 3 aliphatic rings. The standard InChI is InChI=1S/C26H45N/c1-3-5-7-22-10-14-25(15-11-22)26(20-27)18-16-24(17-19-26)23-12-8-21(6-4-2)9-13-23/h21-25H,3-19H2,1-2H3. The first-order valence-corrected chi connectivity index (χ1v) is 12.6. The number of hydrogen-bond donors (Lipinski definition) is 0. The molecule has 0 aliphatic heterocycles. The van der Waals surface area contributed by atoms with Crippen LogP contribution < -0.4 is 0 Å². The number of hydrogen-bond acceptors (Lipinski definition) is 1. The molecule has 0 atom stereocenters. The largest absolute Gasteiger partial charge is 0.198 e. The molecule has 3 fully saturated rings. The number of nitriles is 1. The van der Waals surface area contributed by atoms with E-state index in [0.29, 0.717) is 5.92 Å². The summed E-state index contributed by atoms with van der Waals surface area (Å²) >= 11 is 0. The van der Waals surface area contributed by atoms with Gasteiger partial charge in [0.05, 0.1) is 11.5 Å². The van der Waals surface area contributed by atoms with E-state index in [1.54, 1.807) is 0 Å². The van der Waals surface area contributed by atoms with Crippen LogP contribution in [0, 0.1) is 46.3 Å². The molecule has 1 heteroatoms. The average molecular weight is 372 g/mol. The van der Waals surface area contributed by atoms with Gasteiger partial charge in [-0.05, 0) is 81.0 Å². The van der Waals surface area contributed by atoms with Crippen LogP contribution in [0.5, 0.6) is 0 Å². The van der Waals surface area contributed by atoms with Crippen molar-refractivity contribution >= 4 is 0 Å². The average Bonchev–Trinajstić information content (AvgIpc) is 2.73. The molecule has 0 heterocycles. The van der Waals surface area contributed by atoms with Crippen LogP contribution >= 0.6 is 0 Å². The predicted octanol–water partition coefficient (Wildman–Crippen LogP) is 8.29. The normalized spacial score (nSPS) is 40.4. The smallest absolute Gasteiger partial charge is 0.0692 e. The third kappa shape index (κ3) is 5.31. The SMILES string of the molecule is CCCCC1CCC(C2(C#N)CCC(C3CCC(CCC)CC3)CC2)CC1. The highest BCUT2D eigenvalue weighted by Gasteiger charge is 2.44. The van der Waals surface area contributed by atoms with E-state index < -0.39 is 0 Å². The van der Waals surface area contributed by atoms with Crippen molar-refractivity contribution in [2.24, 2.45) is 35.0 Å². The minimum atomic E-state index is 0.0473. The van der Waals surface area contributed by atoms with Gasteiger partial charge in [-0.3, -0.25) is 0 Å². The second-order valence-corrected chi connectivity index (χ2v) is 10.5.